The van der Waals surface area contributed by atoms with Gasteiger partial charge in [0.1, 0.15) is 11.6 Å². The summed E-state index contributed by atoms with van der Waals surface area (Å²) >= 11 is 0. The Morgan fingerprint density at radius 1 is 1.22 bits per heavy atom. The molecule has 0 aliphatic carbocycles. The molecule has 23 heavy (non-hydrogen) atoms. The van der Waals surface area contributed by atoms with Gasteiger partial charge in [-0.25, -0.2) is 9.37 Å². The number of carbonyl (C=O) groups excluding carboxylic acids is 1. The summed E-state index contributed by atoms with van der Waals surface area (Å²) in [5.41, 5.74) is 0.425. The van der Waals surface area contributed by atoms with Crippen molar-refractivity contribution in [1.29, 1.82) is 0 Å². The third kappa shape index (κ3) is 4.38. The number of rotatable bonds is 6. The van der Waals surface area contributed by atoms with E-state index < -0.39 is 17.5 Å². The number of nitrogens with zero attached hydrogens (tertiary/aromatic N) is 2. The van der Waals surface area contributed by atoms with Gasteiger partial charge in [0.15, 0.2) is 5.69 Å². The smallest absolute Gasteiger partial charge is 0.274 e. The van der Waals surface area contributed by atoms with Crippen LogP contribution < -0.4 is 5.32 Å². The molecule has 7 heteroatoms. The Hall–Kier alpha value is -2.70. The minimum Gasteiger partial charge on any atom is -0.501 e. The van der Waals surface area contributed by atoms with E-state index in [1.807, 2.05) is 6.92 Å². The highest BCUT2D eigenvalue weighted by Crippen LogP contribution is 2.25. The summed E-state index contributed by atoms with van der Waals surface area (Å²) in [6, 6.07) is 5.66. The van der Waals surface area contributed by atoms with Crippen molar-refractivity contribution in [3.8, 4) is 11.6 Å². The maximum absolute atomic E-state index is 12.8. The molecular formula is C16H18FN3O3. The van der Waals surface area contributed by atoms with Gasteiger partial charge in [-0.3, -0.25) is 4.79 Å². The van der Waals surface area contributed by atoms with Crippen LogP contribution in [0.1, 0.15) is 41.6 Å². The second-order valence-electron chi connectivity index (χ2n) is 5.07. The first-order valence-electron chi connectivity index (χ1n) is 7.32. The summed E-state index contributed by atoms with van der Waals surface area (Å²) in [5, 5.41) is 22.0. The van der Waals surface area contributed by atoms with Gasteiger partial charge in [0.2, 0.25) is 5.75 Å². The summed E-state index contributed by atoms with van der Waals surface area (Å²) in [6.07, 6.45) is 2.22. The number of amides is 1. The summed E-state index contributed by atoms with van der Waals surface area (Å²) < 4.78 is 12.8. The molecule has 0 fully saturated rings. The number of hydrogen-bond acceptors (Lipinski definition) is 5. The molecule has 122 valence electrons. The molecule has 0 atom stereocenters. The van der Waals surface area contributed by atoms with Gasteiger partial charge in [-0.1, -0.05) is 25.5 Å². The lowest BCUT2D eigenvalue weighted by Gasteiger charge is -2.09. The zero-order valence-electron chi connectivity index (χ0n) is 12.7. The average molecular weight is 319 g/mol. The Labute approximate surface area is 133 Å². The number of aromatic hydroxyl groups is 2. The molecule has 1 aromatic heterocycles. The highest BCUT2D eigenvalue weighted by molar-refractivity contribution is 5.95. The lowest BCUT2D eigenvalue weighted by molar-refractivity contribution is 0.0941. The number of aromatic nitrogens is 2. The van der Waals surface area contributed by atoms with E-state index in [1.54, 1.807) is 12.1 Å². The third-order valence-corrected chi connectivity index (χ3v) is 3.25. The number of unbranched alkanes of at least 4 members (excludes halogenated alkanes) is 1. The second kappa shape index (κ2) is 7.53. The van der Waals surface area contributed by atoms with Crippen LogP contribution in [-0.2, 0) is 13.0 Å². The number of hydrogen-bond donors (Lipinski definition) is 3. The Bertz CT molecular complexity index is 690. The topological polar surface area (TPSA) is 95.3 Å². The summed E-state index contributed by atoms with van der Waals surface area (Å²) in [6.45, 7) is 2.14. The molecule has 1 amide bonds. The predicted octanol–water partition coefficient (Wildman–Crippen LogP) is 2.30. The molecule has 0 aliphatic heterocycles. The molecule has 2 rings (SSSR count). The van der Waals surface area contributed by atoms with Crippen molar-refractivity contribution in [2.45, 2.75) is 32.7 Å². The molecule has 0 spiro atoms. The average Bonchev–Trinajstić information content (AvgIpc) is 2.55. The van der Waals surface area contributed by atoms with Crippen LogP contribution in [0.25, 0.3) is 0 Å². The normalized spacial score (nSPS) is 10.5. The van der Waals surface area contributed by atoms with Crippen LogP contribution in [0, 0.1) is 5.82 Å². The van der Waals surface area contributed by atoms with E-state index in [1.165, 1.54) is 12.1 Å². The summed E-state index contributed by atoms with van der Waals surface area (Å²) in [4.78, 5) is 19.9. The van der Waals surface area contributed by atoms with E-state index in [9.17, 15) is 19.4 Å². The lowest BCUT2D eigenvalue weighted by Crippen LogP contribution is -2.24. The first-order valence-corrected chi connectivity index (χ1v) is 7.32. The maximum atomic E-state index is 12.8. The van der Waals surface area contributed by atoms with Gasteiger partial charge >= 0.3 is 0 Å². The zero-order valence-corrected chi connectivity index (χ0v) is 12.7. The highest BCUT2D eigenvalue weighted by atomic mass is 19.1. The van der Waals surface area contributed by atoms with Crippen LogP contribution >= 0.6 is 0 Å². The van der Waals surface area contributed by atoms with Gasteiger partial charge in [0, 0.05) is 13.0 Å². The van der Waals surface area contributed by atoms with Crippen LogP contribution in [0.3, 0.4) is 0 Å². The third-order valence-electron chi connectivity index (χ3n) is 3.25. The molecule has 6 nitrogen and oxygen atoms in total. The van der Waals surface area contributed by atoms with Crippen molar-refractivity contribution < 1.29 is 19.4 Å². The molecular weight excluding hydrogens is 301 g/mol. The lowest BCUT2D eigenvalue weighted by atomic mass is 10.2. The Morgan fingerprint density at radius 2 is 1.91 bits per heavy atom. The van der Waals surface area contributed by atoms with Gasteiger partial charge in [0.05, 0.1) is 0 Å². The Balaban J connectivity index is 2.11. The molecule has 0 bridgehead atoms. The van der Waals surface area contributed by atoms with Gasteiger partial charge in [0.25, 0.3) is 11.8 Å². The largest absolute Gasteiger partial charge is 0.501 e. The Kier molecular flexibility index (Phi) is 5.46. The fraction of sp³-hybridized carbons (Fsp3) is 0.312. The molecule has 1 aromatic carbocycles. The molecule has 2 aromatic rings. The van der Waals surface area contributed by atoms with Crippen molar-refractivity contribution in [3.63, 3.8) is 0 Å². The van der Waals surface area contributed by atoms with Crippen molar-refractivity contribution in [3.05, 3.63) is 47.2 Å². The molecule has 0 aliphatic rings. The SMILES string of the molecule is CCCCc1nc(O)c(O)c(C(=O)NCc2ccc(F)cc2)n1. The fourth-order valence-electron chi connectivity index (χ4n) is 1.96. The zero-order chi connectivity index (χ0) is 16.8. The maximum Gasteiger partial charge on any atom is 0.274 e. The van der Waals surface area contributed by atoms with Gasteiger partial charge in [-0.15, -0.1) is 0 Å². The quantitative estimate of drug-likeness (QED) is 0.759. The standard InChI is InChI=1S/C16H18FN3O3/c1-2-3-4-12-19-13(14(21)16(23)20-12)15(22)18-9-10-5-7-11(17)8-6-10/h5-8,21H,2-4,9H2,1H3,(H,18,22)(H,19,20,23). The van der Waals surface area contributed by atoms with E-state index in [2.05, 4.69) is 15.3 Å². The van der Waals surface area contributed by atoms with Crippen LogP contribution in [-0.4, -0.2) is 26.1 Å². The minimum atomic E-state index is -0.651. The molecule has 0 radical (unpaired) electrons. The number of benzene rings is 1. The molecule has 3 N–H and O–H groups in total. The first kappa shape index (κ1) is 16.7. The van der Waals surface area contributed by atoms with Gasteiger partial charge < -0.3 is 15.5 Å². The molecule has 0 unspecified atom stereocenters. The van der Waals surface area contributed by atoms with Crippen molar-refractivity contribution in [2.75, 3.05) is 0 Å². The van der Waals surface area contributed by atoms with E-state index >= 15 is 0 Å². The molecule has 0 saturated carbocycles. The van der Waals surface area contributed by atoms with E-state index in [0.717, 1.165) is 12.8 Å². The highest BCUT2D eigenvalue weighted by Gasteiger charge is 2.19. The molecule has 1 heterocycles. The van der Waals surface area contributed by atoms with Crippen LogP contribution in [0.2, 0.25) is 0 Å². The first-order chi connectivity index (χ1) is 11.0. The monoisotopic (exact) mass is 319 g/mol. The predicted molar refractivity (Wildman–Crippen MR) is 81.5 cm³/mol. The van der Waals surface area contributed by atoms with E-state index in [0.29, 0.717) is 17.8 Å². The fourth-order valence-corrected chi connectivity index (χ4v) is 1.96. The van der Waals surface area contributed by atoms with Gasteiger partial charge in [-0.05, 0) is 24.1 Å². The van der Waals surface area contributed by atoms with E-state index in [-0.39, 0.29) is 18.1 Å². The number of nitrogens with one attached hydrogen (secondary N) is 1. The second-order valence-corrected chi connectivity index (χ2v) is 5.07. The van der Waals surface area contributed by atoms with Crippen LogP contribution in [0.4, 0.5) is 4.39 Å². The van der Waals surface area contributed by atoms with Crippen molar-refractivity contribution in [2.24, 2.45) is 0 Å². The number of carbonyl (C=O) groups is 1. The van der Waals surface area contributed by atoms with Crippen LogP contribution in [0.15, 0.2) is 24.3 Å². The minimum absolute atomic E-state index is 0.146. The van der Waals surface area contributed by atoms with Gasteiger partial charge in [-0.2, -0.15) is 4.98 Å². The van der Waals surface area contributed by atoms with Crippen LogP contribution in [0.5, 0.6) is 11.6 Å². The van der Waals surface area contributed by atoms with E-state index in [4.69, 9.17) is 0 Å². The van der Waals surface area contributed by atoms with Crippen molar-refractivity contribution >= 4 is 5.91 Å². The number of halogens is 1. The van der Waals surface area contributed by atoms with Crippen molar-refractivity contribution in [1.82, 2.24) is 15.3 Å². The summed E-state index contributed by atoms with van der Waals surface area (Å²) in [7, 11) is 0. The molecule has 0 saturated heterocycles. The number of aryl methyl sites for hydroxylation is 1. The summed E-state index contributed by atoms with van der Waals surface area (Å²) in [5.74, 6) is -1.96. The Morgan fingerprint density at radius 3 is 2.57 bits per heavy atom.